The molecule has 2 fully saturated rings. The summed E-state index contributed by atoms with van der Waals surface area (Å²) in [6.07, 6.45) is 5.55. The Balaban J connectivity index is 1.75. The van der Waals surface area contributed by atoms with Crippen molar-refractivity contribution in [2.45, 2.75) is 45.1 Å². The van der Waals surface area contributed by atoms with E-state index < -0.39 is 6.03 Å². The minimum Gasteiger partial charge on any atom is -0.341 e. The highest BCUT2D eigenvalue weighted by molar-refractivity contribution is 5.96. The molecule has 1 saturated heterocycles. The fourth-order valence-corrected chi connectivity index (χ4v) is 3.39. The molecule has 7 heteroatoms. The molecule has 2 N–H and O–H groups in total. The number of carbonyl (C=O) groups is 3. The van der Waals surface area contributed by atoms with E-state index in [1.807, 2.05) is 9.80 Å². The highest BCUT2D eigenvalue weighted by Crippen LogP contribution is 2.28. The van der Waals surface area contributed by atoms with Crippen LogP contribution in [0.15, 0.2) is 0 Å². The molecule has 130 valence electrons. The summed E-state index contributed by atoms with van der Waals surface area (Å²) < 4.78 is 0. The summed E-state index contributed by atoms with van der Waals surface area (Å²) >= 11 is 0. The number of carbonyl (C=O) groups excluding carboxylic acids is 3. The van der Waals surface area contributed by atoms with E-state index >= 15 is 0 Å². The van der Waals surface area contributed by atoms with Gasteiger partial charge in [0.2, 0.25) is 11.8 Å². The second-order valence-electron chi connectivity index (χ2n) is 6.52. The van der Waals surface area contributed by atoms with Gasteiger partial charge in [0, 0.05) is 39.6 Å². The first-order chi connectivity index (χ1) is 11.0. The molecule has 0 aromatic heterocycles. The molecule has 1 aliphatic carbocycles. The first-order valence-electron chi connectivity index (χ1n) is 8.55. The molecule has 23 heavy (non-hydrogen) atoms. The Labute approximate surface area is 137 Å². The van der Waals surface area contributed by atoms with Gasteiger partial charge >= 0.3 is 6.03 Å². The fourth-order valence-electron chi connectivity index (χ4n) is 3.39. The Morgan fingerprint density at radius 2 is 1.70 bits per heavy atom. The molecule has 1 aliphatic heterocycles. The summed E-state index contributed by atoms with van der Waals surface area (Å²) in [4.78, 5) is 39.4. The van der Waals surface area contributed by atoms with Crippen LogP contribution in [0.5, 0.6) is 0 Å². The predicted molar refractivity (Wildman–Crippen MR) is 86.8 cm³/mol. The maximum Gasteiger partial charge on any atom is 0.321 e. The van der Waals surface area contributed by atoms with Crippen molar-refractivity contribution in [3.05, 3.63) is 0 Å². The molecule has 0 bridgehead atoms. The van der Waals surface area contributed by atoms with E-state index in [-0.39, 0.29) is 17.9 Å². The molecule has 7 nitrogen and oxygen atoms in total. The lowest BCUT2D eigenvalue weighted by molar-refractivity contribution is -0.135. The Morgan fingerprint density at radius 3 is 2.26 bits per heavy atom. The average molecular weight is 324 g/mol. The van der Waals surface area contributed by atoms with Gasteiger partial charge in [-0.15, -0.1) is 0 Å². The van der Waals surface area contributed by atoms with Crippen LogP contribution in [0.4, 0.5) is 4.79 Å². The highest BCUT2D eigenvalue weighted by atomic mass is 16.2. The van der Waals surface area contributed by atoms with Crippen molar-refractivity contribution < 1.29 is 14.4 Å². The summed E-state index contributed by atoms with van der Waals surface area (Å²) in [5.74, 6) is 0.506. The fraction of sp³-hybridized carbons (Fsp3) is 0.812. The van der Waals surface area contributed by atoms with Crippen molar-refractivity contribution in [2.75, 3.05) is 33.2 Å². The molecule has 0 aromatic rings. The highest BCUT2D eigenvalue weighted by Gasteiger charge is 2.29. The number of hydrogen-bond acceptors (Lipinski definition) is 4. The summed E-state index contributed by atoms with van der Waals surface area (Å²) in [7, 11) is 1.47. The number of nitrogens with zero attached hydrogens (tertiary/aromatic N) is 2. The van der Waals surface area contributed by atoms with E-state index in [0.29, 0.717) is 38.5 Å². The number of hydrogen-bond donors (Lipinski definition) is 2. The van der Waals surface area contributed by atoms with Crippen LogP contribution in [0.3, 0.4) is 0 Å². The van der Waals surface area contributed by atoms with Gasteiger partial charge < -0.3 is 10.2 Å². The second kappa shape index (κ2) is 8.29. The van der Waals surface area contributed by atoms with Crippen LogP contribution >= 0.6 is 0 Å². The molecule has 0 unspecified atom stereocenters. The predicted octanol–water partition coefficient (Wildman–Crippen LogP) is 0.555. The van der Waals surface area contributed by atoms with Gasteiger partial charge in [0.05, 0.1) is 6.04 Å². The van der Waals surface area contributed by atoms with Crippen LogP contribution in [0.2, 0.25) is 0 Å². The normalized spacial score (nSPS) is 21.0. The molecule has 1 saturated carbocycles. The van der Waals surface area contributed by atoms with Gasteiger partial charge in [-0.1, -0.05) is 12.8 Å². The van der Waals surface area contributed by atoms with Crippen LogP contribution in [-0.2, 0) is 9.59 Å². The zero-order valence-corrected chi connectivity index (χ0v) is 14.1. The summed E-state index contributed by atoms with van der Waals surface area (Å²) in [5.41, 5.74) is 0. The van der Waals surface area contributed by atoms with Crippen molar-refractivity contribution >= 4 is 17.8 Å². The van der Waals surface area contributed by atoms with E-state index in [1.54, 1.807) is 6.92 Å². The third kappa shape index (κ3) is 4.92. The monoisotopic (exact) mass is 324 g/mol. The Bertz CT molecular complexity index is 441. The number of rotatable bonds is 4. The zero-order chi connectivity index (χ0) is 16.8. The molecule has 4 amide bonds. The van der Waals surface area contributed by atoms with E-state index in [2.05, 4.69) is 10.6 Å². The number of piperazine rings is 1. The quantitative estimate of drug-likeness (QED) is 0.791. The lowest BCUT2D eigenvalue weighted by Crippen LogP contribution is -2.56. The van der Waals surface area contributed by atoms with Gasteiger partial charge in [-0.25, -0.2) is 4.79 Å². The third-order valence-corrected chi connectivity index (χ3v) is 5.00. The topological polar surface area (TPSA) is 81.8 Å². The summed E-state index contributed by atoms with van der Waals surface area (Å²) in [6, 6.07) is -0.869. The Hall–Kier alpha value is -1.63. The van der Waals surface area contributed by atoms with E-state index in [9.17, 15) is 14.4 Å². The van der Waals surface area contributed by atoms with Crippen LogP contribution < -0.4 is 10.6 Å². The molecule has 0 aromatic carbocycles. The van der Waals surface area contributed by atoms with Crippen LogP contribution in [0, 0.1) is 5.92 Å². The molecule has 0 radical (unpaired) electrons. The standard InChI is InChI=1S/C16H28N4O3/c1-12(15(22)18-16(23)17-2)19-7-9-20(10-8-19)14(21)11-13-5-3-4-6-13/h12-13H,3-11H2,1-2H3,(H2,17,18,22,23)/t12-/m1/s1. The van der Waals surface area contributed by atoms with Gasteiger partial charge in [0.1, 0.15) is 0 Å². The first-order valence-corrected chi connectivity index (χ1v) is 8.55. The molecule has 1 atom stereocenters. The van der Waals surface area contributed by atoms with Crippen molar-refractivity contribution in [2.24, 2.45) is 5.92 Å². The summed E-state index contributed by atoms with van der Waals surface area (Å²) in [5, 5.41) is 4.67. The second-order valence-corrected chi connectivity index (χ2v) is 6.52. The van der Waals surface area contributed by atoms with Crippen LogP contribution in [0.25, 0.3) is 0 Å². The number of nitrogens with one attached hydrogen (secondary N) is 2. The average Bonchev–Trinajstić information content (AvgIpc) is 3.07. The molecular weight excluding hydrogens is 296 g/mol. The van der Waals surface area contributed by atoms with Gasteiger partial charge in [0.15, 0.2) is 0 Å². The van der Waals surface area contributed by atoms with Gasteiger partial charge in [0.25, 0.3) is 0 Å². The Kier molecular flexibility index (Phi) is 6.38. The molecule has 2 rings (SSSR count). The number of amides is 4. The van der Waals surface area contributed by atoms with Gasteiger partial charge in [-0.3, -0.25) is 19.8 Å². The minimum absolute atomic E-state index is 0.249. The van der Waals surface area contributed by atoms with Crippen molar-refractivity contribution in [3.8, 4) is 0 Å². The molecule has 1 heterocycles. The SMILES string of the molecule is CNC(=O)NC(=O)[C@@H](C)N1CCN(C(=O)CC2CCCC2)CC1. The Morgan fingerprint density at radius 1 is 1.09 bits per heavy atom. The van der Waals surface area contributed by atoms with Crippen molar-refractivity contribution in [1.82, 2.24) is 20.4 Å². The number of urea groups is 1. The lowest BCUT2D eigenvalue weighted by atomic mass is 10.0. The minimum atomic E-state index is -0.493. The van der Waals surface area contributed by atoms with Gasteiger partial charge in [-0.2, -0.15) is 0 Å². The maximum atomic E-state index is 12.3. The van der Waals surface area contributed by atoms with E-state index in [0.717, 1.165) is 0 Å². The van der Waals surface area contributed by atoms with Gasteiger partial charge in [-0.05, 0) is 25.7 Å². The third-order valence-electron chi connectivity index (χ3n) is 5.00. The van der Waals surface area contributed by atoms with Crippen LogP contribution in [-0.4, -0.2) is 66.9 Å². The lowest BCUT2D eigenvalue weighted by Gasteiger charge is -2.37. The first kappa shape index (κ1) is 17.7. The molecule has 0 spiro atoms. The zero-order valence-electron chi connectivity index (χ0n) is 14.1. The largest absolute Gasteiger partial charge is 0.341 e. The molecular formula is C16H28N4O3. The molecule has 2 aliphatic rings. The van der Waals surface area contributed by atoms with E-state index in [4.69, 9.17) is 0 Å². The number of imide groups is 1. The van der Waals surface area contributed by atoms with E-state index in [1.165, 1.54) is 32.7 Å². The maximum absolute atomic E-state index is 12.3. The van der Waals surface area contributed by atoms with Crippen molar-refractivity contribution in [1.29, 1.82) is 0 Å². The van der Waals surface area contributed by atoms with Crippen LogP contribution in [0.1, 0.15) is 39.0 Å². The summed E-state index contributed by atoms with van der Waals surface area (Å²) in [6.45, 7) is 4.43. The van der Waals surface area contributed by atoms with Crippen molar-refractivity contribution in [3.63, 3.8) is 0 Å². The smallest absolute Gasteiger partial charge is 0.321 e.